The molecule has 1 fully saturated rings. The molecule has 1 aliphatic carbocycles. The number of furan rings is 1. The maximum Gasteiger partial charge on any atom is 0.342 e. The zero-order chi connectivity index (χ0) is 13.6. The first-order chi connectivity index (χ1) is 9.05. The highest BCUT2D eigenvalue weighted by Gasteiger charge is 2.41. The fourth-order valence-corrected chi connectivity index (χ4v) is 2.83. The molecule has 100 valence electrons. The van der Waals surface area contributed by atoms with Crippen LogP contribution in [0.4, 0.5) is 0 Å². The number of esters is 1. The highest BCUT2D eigenvalue weighted by molar-refractivity contribution is 9.10. The molecule has 2 aromatic rings. The minimum atomic E-state index is -0.328. The van der Waals surface area contributed by atoms with Crippen molar-refractivity contribution in [1.29, 1.82) is 0 Å². The Hall–Kier alpha value is -1.29. The summed E-state index contributed by atoms with van der Waals surface area (Å²) in [7, 11) is 0. The van der Waals surface area contributed by atoms with E-state index in [0.29, 0.717) is 12.2 Å². The van der Waals surface area contributed by atoms with Crippen molar-refractivity contribution < 1.29 is 13.9 Å². The standard InChI is InChI=1S/C15H15BrO3/c1-3-18-14(17)11-8-19-13-10(11)6-9(16)7-12(13)15(2)4-5-15/h6-8H,3-5H2,1-2H3. The molecule has 4 heteroatoms. The number of benzene rings is 1. The van der Waals surface area contributed by atoms with Gasteiger partial charge in [0, 0.05) is 15.4 Å². The number of rotatable bonds is 3. The molecule has 3 nitrogen and oxygen atoms in total. The molecule has 1 heterocycles. The fourth-order valence-electron chi connectivity index (χ4n) is 2.37. The predicted molar refractivity (Wildman–Crippen MR) is 76.5 cm³/mol. The lowest BCUT2D eigenvalue weighted by Crippen LogP contribution is -2.04. The van der Waals surface area contributed by atoms with E-state index >= 15 is 0 Å². The van der Waals surface area contributed by atoms with E-state index in [2.05, 4.69) is 28.9 Å². The van der Waals surface area contributed by atoms with Gasteiger partial charge in [0.25, 0.3) is 0 Å². The van der Waals surface area contributed by atoms with Crippen molar-refractivity contribution in [3.05, 3.63) is 34.0 Å². The number of carbonyl (C=O) groups excluding carboxylic acids is 1. The van der Waals surface area contributed by atoms with Crippen LogP contribution in [0.2, 0.25) is 0 Å². The van der Waals surface area contributed by atoms with Gasteiger partial charge in [0.15, 0.2) is 0 Å². The van der Waals surface area contributed by atoms with Crippen LogP contribution in [0.1, 0.15) is 42.6 Å². The van der Waals surface area contributed by atoms with E-state index in [9.17, 15) is 4.79 Å². The first-order valence-corrected chi connectivity index (χ1v) is 7.23. The molecule has 0 unspecified atom stereocenters. The van der Waals surface area contributed by atoms with E-state index in [1.807, 2.05) is 6.07 Å². The van der Waals surface area contributed by atoms with Gasteiger partial charge in [-0.05, 0) is 37.3 Å². The molecule has 0 aliphatic heterocycles. The van der Waals surface area contributed by atoms with Gasteiger partial charge in [0.1, 0.15) is 17.4 Å². The summed E-state index contributed by atoms with van der Waals surface area (Å²) in [4.78, 5) is 11.9. The van der Waals surface area contributed by atoms with E-state index in [1.165, 1.54) is 11.8 Å². The van der Waals surface area contributed by atoms with Crippen LogP contribution < -0.4 is 0 Å². The van der Waals surface area contributed by atoms with E-state index in [0.717, 1.165) is 28.3 Å². The minimum absolute atomic E-state index is 0.186. The topological polar surface area (TPSA) is 39.4 Å². The maximum absolute atomic E-state index is 11.9. The highest BCUT2D eigenvalue weighted by atomic mass is 79.9. The Morgan fingerprint density at radius 3 is 2.84 bits per heavy atom. The summed E-state index contributed by atoms with van der Waals surface area (Å²) in [6, 6.07) is 4.01. The summed E-state index contributed by atoms with van der Waals surface area (Å²) in [5.41, 5.74) is 2.67. The summed E-state index contributed by atoms with van der Waals surface area (Å²) in [6.45, 7) is 4.39. The average Bonchev–Trinajstić information content (AvgIpc) is 2.98. The quantitative estimate of drug-likeness (QED) is 0.785. The third-order valence-electron chi connectivity index (χ3n) is 3.78. The number of halogens is 1. The van der Waals surface area contributed by atoms with Crippen LogP contribution >= 0.6 is 15.9 Å². The third kappa shape index (κ3) is 2.08. The SMILES string of the molecule is CCOC(=O)c1coc2c(C3(C)CC3)cc(Br)cc12. The van der Waals surface area contributed by atoms with Gasteiger partial charge in [-0.25, -0.2) is 4.79 Å². The van der Waals surface area contributed by atoms with E-state index in [4.69, 9.17) is 9.15 Å². The number of hydrogen-bond donors (Lipinski definition) is 0. The lowest BCUT2D eigenvalue weighted by Gasteiger charge is -2.10. The Bertz CT molecular complexity index is 653. The fraction of sp³-hybridized carbons (Fsp3) is 0.400. The first kappa shape index (κ1) is 12.7. The van der Waals surface area contributed by atoms with Crippen molar-refractivity contribution in [3.8, 4) is 0 Å². The maximum atomic E-state index is 11.9. The van der Waals surface area contributed by atoms with E-state index in [1.54, 1.807) is 6.92 Å². The van der Waals surface area contributed by atoms with E-state index in [-0.39, 0.29) is 11.4 Å². The highest BCUT2D eigenvalue weighted by Crippen LogP contribution is 2.51. The van der Waals surface area contributed by atoms with Crippen molar-refractivity contribution in [2.45, 2.75) is 32.1 Å². The zero-order valence-electron chi connectivity index (χ0n) is 11.0. The molecule has 0 spiro atoms. The molecule has 3 rings (SSSR count). The van der Waals surface area contributed by atoms with Crippen LogP contribution in [0.5, 0.6) is 0 Å². The number of fused-ring (bicyclic) bond motifs is 1. The number of ether oxygens (including phenoxy) is 1. The summed E-state index contributed by atoms with van der Waals surface area (Å²) in [5, 5.41) is 0.830. The van der Waals surface area contributed by atoms with Gasteiger partial charge >= 0.3 is 5.97 Å². The van der Waals surface area contributed by atoms with Crippen molar-refractivity contribution in [3.63, 3.8) is 0 Å². The lowest BCUT2D eigenvalue weighted by atomic mass is 9.96. The van der Waals surface area contributed by atoms with Gasteiger partial charge < -0.3 is 9.15 Å². The van der Waals surface area contributed by atoms with Crippen LogP contribution in [-0.4, -0.2) is 12.6 Å². The molecule has 0 atom stereocenters. The average molecular weight is 323 g/mol. The molecule has 0 amide bonds. The van der Waals surface area contributed by atoms with Crippen molar-refractivity contribution in [2.24, 2.45) is 0 Å². The Labute approximate surface area is 120 Å². The van der Waals surface area contributed by atoms with Crippen LogP contribution in [0.25, 0.3) is 11.0 Å². The second kappa shape index (κ2) is 4.37. The normalized spacial score (nSPS) is 16.6. The molecule has 0 N–H and O–H groups in total. The number of carbonyl (C=O) groups is 1. The van der Waals surface area contributed by atoms with Crippen LogP contribution in [0.3, 0.4) is 0 Å². The van der Waals surface area contributed by atoms with Gasteiger partial charge in [0.05, 0.1) is 6.61 Å². The second-order valence-corrected chi connectivity index (χ2v) is 6.18. The monoisotopic (exact) mass is 322 g/mol. The van der Waals surface area contributed by atoms with Crippen molar-refractivity contribution >= 4 is 32.9 Å². The molecule has 1 aromatic carbocycles. The Morgan fingerprint density at radius 1 is 1.47 bits per heavy atom. The van der Waals surface area contributed by atoms with Crippen molar-refractivity contribution in [1.82, 2.24) is 0 Å². The lowest BCUT2D eigenvalue weighted by molar-refractivity contribution is 0.0527. The summed E-state index contributed by atoms with van der Waals surface area (Å²) >= 11 is 3.52. The van der Waals surface area contributed by atoms with Crippen LogP contribution in [0, 0.1) is 0 Å². The minimum Gasteiger partial charge on any atom is -0.463 e. The second-order valence-electron chi connectivity index (χ2n) is 5.26. The molecule has 1 saturated carbocycles. The first-order valence-electron chi connectivity index (χ1n) is 6.43. The molecule has 19 heavy (non-hydrogen) atoms. The van der Waals surface area contributed by atoms with Gasteiger partial charge in [-0.1, -0.05) is 22.9 Å². The summed E-state index contributed by atoms with van der Waals surface area (Å²) in [5.74, 6) is -0.328. The van der Waals surface area contributed by atoms with Gasteiger partial charge in [0.2, 0.25) is 0 Å². The molecule has 0 saturated heterocycles. The van der Waals surface area contributed by atoms with E-state index < -0.39 is 0 Å². The molecule has 1 aliphatic rings. The number of hydrogen-bond acceptors (Lipinski definition) is 3. The van der Waals surface area contributed by atoms with Gasteiger partial charge in [-0.15, -0.1) is 0 Å². The molecule has 0 radical (unpaired) electrons. The zero-order valence-corrected chi connectivity index (χ0v) is 12.5. The Balaban J connectivity index is 2.18. The molecule has 0 bridgehead atoms. The Kier molecular flexibility index (Phi) is 2.93. The molecule has 1 aromatic heterocycles. The van der Waals surface area contributed by atoms with Crippen LogP contribution in [0.15, 0.2) is 27.3 Å². The largest absolute Gasteiger partial charge is 0.463 e. The Morgan fingerprint density at radius 2 is 2.21 bits per heavy atom. The summed E-state index contributed by atoms with van der Waals surface area (Å²) in [6.07, 6.45) is 3.83. The molecular formula is C15H15BrO3. The third-order valence-corrected chi connectivity index (χ3v) is 4.24. The predicted octanol–water partition coefficient (Wildman–Crippen LogP) is 4.42. The van der Waals surface area contributed by atoms with Crippen molar-refractivity contribution in [2.75, 3.05) is 6.61 Å². The van der Waals surface area contributed by atoms with Gasteiger partial charge in [-0.2, -0.15) is 0 Å². The van der Waals surface area contributed by atoms with Crippen LogP contribution in [-0.2, 0) is 10.2 Å². The smallest absolute Gasteiger partial charge is 0.342 e. The molecular weight excluding hydrogens is 308 g/mol. The summed E-state index contributed by atoms with van der Waals surface area (Å²) < 4.78 is 11.7. The van der Waals surface area contributed by atoms with Gasteiger partial charge in [-0.3, -0.25) is 0 Å².